The highest BCUT2D eigenvalue weighted by Crippen LogP contribution is 2.34. The molecule has 1 aromatic carbocycles. The summed E-state index contributed by atoms with van der Waals surface area (Å²) in [4.78, 5) is 12.6. The van der Waals surface area contributed by atoms with Crippen LogP contribution in [0.1, 0.15) is 24.3 Å². The molecule has 5 aromatic rings. The average Bonchev–Trinajstić information content (AvgIpc) is 3.43. The Hall–Kier alpha value is -3.58. The monoisotopic (exact) mass is 412 g/mol. The molecule has 0 bridgehead atoms. The van der Waals surface area contributed by atoms with E-state index in [1.54, 1.807) is 12.3 Å². The van der Waals surface area contributed by atoms with Gasteiger partial charge in [0.15, 0.2) is 5.65 Å². The number of hydrogen-bond acceptors (Lipinski definition) is 4. The zero-order chi connectivity index (χ0) is 20.8. The lowest BCUT2D eigenvalue weighted by Crippen LogP contribution is -2.26. The molecule has 0 aliphatic carbocycles. The third kappa shape index (κ3) is 3.18. The van der Waals surface area contributed by atoms with Crippen LogP contribution in [0.5, 0.6) is 0 Å². The Labute approximate surface area is 177 Å². The number of nitrogens with zero attached hydrogens (tertiary/aromatic N) is 3. The highest BCUT2D eigenvalue weighted by molar-refractivity contribution is 5.99. The van der Waals surface area contributed by atoms with E-state index in [0.717, 1.165) is 70.5 Å². The zero-order valence-electron chi connectivity index (χ0n) is 16.8. The Morgan fingerprint density at radius 1 is 0.935 bits per heavy atom. The lowest BCUT2D eigenvalue weighted by Gasteiger charge is -2.22. The molecule has 0 atom stereocenters. The molecule has 1 aliphatic rings. The molecule has 5 heterocycles. The smallest absolute Gasteiger partial charge is 0.155 e. The van der Waals surface area contributed by atoms with Crippen molar-refractivity contribution < 1.29 is 4.39 Å². The molecule has 7 heteroatoms. The van der Waals surface area contributed by atoms with Gasteiger partial charge in [-0.3, -0.25) is 10.1 Å². The molecule has 0 unspecified atom stereocenters. The van der Waals surface area contributed by atoms with Gasteiger partial charge < -0.3 is 10.3 Å². The van der Waals surface area contributed by atoms with Gasteiger partial charge in [0.05, 0.1) is 11.4 Å². The lowest BCUT2D eigenvalue weighted by molar-refractivity contribution is 0.460. The van der Waals surface area contributed by atoms with Gasteiger partial charge in [-0.05, 0) is 67.7 Å². The van der Waals surface area contributed by atoms with Crippen molar-refractivity contribution >= 4 is 21.9 Å². The number of rotatable bonds is 3. The Morgan fingerprint density at radius 2 is 1.84 bits per heavy atom. The van der Waals surface area contributed by atoms with E-state index in [2.05, 4.69) is 36.5 Å². The first-order valence-corrected chi connectivity index (χ1v) is 10.5. The minimum absolute atomic E-state index is 0.276. The van der Waals surface area contributed by atoms with E-state index in [1.807, 2.05) is 24.4 Å². The number of hydrogen-bond donors (Lipinski definition) is 3. The molecule has 4 aromatic heterocycles. The Balaban J connectivity index is 1.47. The second-order valence-corrected chi connectivity index (χ2v) is 8.08. The molecule has 154 valence electrons. The number of piperidine rings is 1. The number of fused-ring (bicyclic) bond motifs is 2. The highest BCUT2D eigenvalue weighted by Gasteiger charge is 2.19. The topological polar surface area (TPSA) is 82.3 Å². The molecule has 6 nitrogen and oxygen atoms in total. The summed E-state index contributed by atoms with van der Waals surface area (Å²) in [5.74, 6) is 0.245. The van der Waals surface area contributed by atoms with Crippen LogP contribution in [0.2, 0.25) is 0 Å². The zero-order valence-corrected chi connectivity index (χ0v) is 16.8. The fraction of sp³-hybridized carbons (Fsp3) is 0.208. The van der Waals surface area contributed by atoms with Crippen LogP contribution < -0.4 is 5.32 Å². The van der Waals surface area contributed by atoms with Crippen molar-refractivity contribution in [3.8, 4) is 22.6 Å². The summed E-state index contributed by atoms with van der Waals surface area (Å²) in [5, 5.41) is 13.0. The van der Waals surface area contributed by atoms with Crippen molar-refractivity contribution in [2.75, 3.05) is 13.1 Å². The van der Waals surface area contributed by atoms with Gasteiger partial charge >= 0.3 is 0 Å². The van der Waals surface area contributed by atoms with Crippen molar-refractivity contribution in [3.05, 3.63) is 66.2 Å². The molecule has 0 amide bonds. The van der Waals surface area contributed by atoms with Crippen LogP contribution in [0.4, 0.5) is 4.39 Å². The largest absolute Gasteiger partial charge is 0.353 e. The van der Waals surface area contributed by atoms with Gasteiger partial charge in [0, 0.05) is 34.2 Å². The minimum atomic E-state index is -0.276. The molecular formula is C24H21FN6. The first-order chi connectivity index (χ1) is 15.3. The summed E-state index contributed by atoms with van der Waals surface area (Å²) in [6.07, 6.45) is 5.95. The Kier molecular flexibility index (Phi) is 4.28. The lowest BCUT2D eigenvalue weighted by atomic mass is 9.91. The SMILES string of the molecule is Fc1cccc(-c2nccc3[nH]c(-c4n[nH]c5ncc(C6CCNCC6)cc45)cc23)c1. The van der Waals surface area contributed by atoms with E-state index in [-0.39, 0.29) is 5.82 Å². The molecule has 6 rings (SSSR count). The number of benzene rings is 1. The summed E-state index contributed by atoms with van der Waals surface area (Å²) < 4.78 is 13.8. The average molecular weight is 412 g/mol. The number of H-pyrrole nitrogens is 2. The summed E-state index contributed by atoms with van der Waals surface area (Å²) in [6, 6.07) is 12.7. The second kappa shape index (κ2) is 7.28. The molecule has 1 aliphatic heterocycles. The molecule has 0 saturated carbocycles. The van der Waals surface area contributed by atoms with Crippen LogP contribution in [0, 0.1) is 5.82 Å². The quantitative estimate of drug-likeness (QED) is 0.399. The van der Waals surface area contributed by atoms with E-state index in [0.29, 0.717) is 5.92 Å². The van der Waals surface area contributed by atoms with Crippen molar-refractivity contribution in [1.29, 1.82) is 0 Å². The summed E-state index contributed by atoms with van der Waals surface area (Å²) in [7, 11) is 0. The Morgan fingerprint density at radius 3 is 2.71 bits per heavy atom. The number of nitrogens with one attached hydrogen (secondary N) is 3. The fourth-order valence-corrected chi connectivity index (χ4v) is 4.55. The van der Waals surface area contributed by atoms with Gasteiger partial charge in [-0.15, -0.1) is 0 Å². The summed E-state index contributed by atoms with van der Waals surface area (Å²) in [5.41, 5.74) is 6.18. The predicted octanol–water partition coefficient (Wildman–Crippen LogP) is 4.77. The maximum absolute atomic E-state index is 13.8. The van der Waals surface area contributed by atoms with Crippen molar-refractivity contribution in [3.63, 3.8) is 0 Å². The van der Waals surface area contributed by atoms with E-state index >= 15 is 0 Å². The number of aromatic nitrogens is 5. The number of halogens is 1. The summed E-state index contributed by atoms with van der Waals surface area (Å²) >= 11 is 0. The maximum atomic E-state index is 13.8. The second-order valence-electron chi connectivity index (χ2n) is 8.08. The number of aromatic amines is 2. The van der Waals surface area contributed by atoms with Gasteiger partial charge in [0.25, 0.3) is 0 Å². The summed E-state index contributed by atoms with van der Waals surface area (Å²) in [6.45, 7) is 2.08. The van der Waals surface area contributed by atoms with Gasteiger partial charge in [-0.1, -0.05) is 12.1 Å². The van der Waals surface area contributed by atoms with Crippen LogP contribution in [0.25, 0.3) is 44.6 Å². The van der Waals surface area contributed by atoms with Gasteiger partial charge in [0.2, 0.25) is 0 Å². The standard InChI is InChI=1S/C24H21FN6/c25-17-3-1-2-15(10-17)22-18-12-21(29-20(18)6-9-27-22)23-19-11-16(13-28-24(19)31-30-23)14-4-7-26-8-5-14/h1-3,6,9-14,26,29H,4-5,7-8H2,(H,28,30,31). The predicted molar refractivity (Wildman–Crippen MR) is 119 cm³/mol. The molecule has 0 spiro atoms. The van der Waals surface area contributed by atoms with E-state index < -0.39 is 0 Å². The highest BCUT2D eigenvalue weighted by atomic mass is 19.1. The van der Waals surface area contributed by atoms with Gasteiger partial charge in [0.1, 0.15) is 11.5 Å². The Bertz CT molecular complexity index is 1400. The van der Waals surface area contributed by atoms with Gasteiger partial charge in [-0.25, -0.2) is 9.37 Å². The first-order valence-electron chi connectivity index (χ1n) is 10.5. The molecule has 0 radical (unpaired) electrons. The third-order valence-corrected chi connectivity index (χ3v) is 6.15. The van der Waals surface area contributed by atoms with Crippen molar-refractivity contribution in [2.24, 2.45) is 0 Å². The molecule has 1 fully saturated rings. The molecule has 1 saturated heterocycles. The molecule has 31 heavy (non-hydrogen) atoms. The maximum Gasteiger partial charge on any atom is 0.155 e. The fourth-order valence-electron chi connectivity index (χ4n) is 4.55. The van der Waals surface area contributed by atoms with Crippen LogP contribution in [0.15, 0.2) is 54.9 Å². The van der Waals surface area contributed by atoms with Crippen molar-refractivity contribution in [2.45, 2.75) is 18.8 Å². The number of pyridine rings is 2. The van der Waals surface area contributed by atoms with Crippen LogP contribution in [-0.4, -0.2) is 38.2 Å². The van der Waals surface area contributed by atoms with Gasteiger partial charge in [-0.2, -0.15) is 5.10 Å². The van der Waals surface area contributed by atoms with Crippen LogP contribution in [-0.2, 0) is 0 Å². The van der Waals surface area contributed by atoms with Crippen LogP contribution in [0.3, 0.4) is 0 Å². The minimum Gasteiger partial charge on any atom is -0.353 e. The molecule has 3 N–H and O–H groups in total. The van der Waals surface area contributed by atoms with Crippen molar-refractivity contribution in [1.82, 2.24) is 30.5 Å². The van der Waals surface area contributed by atoms with E-state index in [9.17, 15) is 4.39 Å². The normalized spacial score (nSPS) is 15.1. The third-order valence-electron chi connectivity index (χ3n) is 6.15. The molecular weight excluding hydrogens is 391 g/mol. The van der Waals surface area contributed by atoms with E-state index in [1.165, 1.54) is 17.7 Å². The van der Waals surface area contributed by atoms with Crippen LogP contribution >= 0.6 is 0 Å². The van der Waals surface area contributed by atoms with E-state index in [4.69, 9.17) is 0 Å². The first kappa shape index (κ1) is 18.2.